The summed E-state index contributed by atoms with van der Waals surface area (Å²) in [4.78, 5) is 10.3. The first kappa shape index (κ1) is 14.0. The minimum atomic E-state index is -0.418. The van der Waals surface area contributed by atoms with Crippen molar-refractivity contribution < 1.29 is 9.31 Å². The first-order valence-electron chi connectivity index (χ1n) is 6.24. The first-order valence-corrected chi connectivity index (χ1v) is 6.24. The summed E-state index contributed by atoms with van der Waals surface area (Å²) in [6.45, 7) is 3.59. The van der Waals surface area contributed by atoms with Crippen LogP contribution in [0.2, 0.25) is 0 Å². The number of nitro groups is 1. The number of nitro benzene ring substituents is 1. The van der Waals surface area contributed by atoms with Gasteiger partial charge in [0.2, 0.25) is 0 Å². The molecular weight excluding hydrogens is 259 g/mol. The molecule has 0 amide bonds. The normalized spacial score (nSPS) is 11.9. The molecule has 0 aliphatic heterocycles. The molecule has 0 spiro atoms. The summed E-state index contributed by atoms with van der Waals surface area (Å²) >= 11 is 0. The number of anilines is 1. The van der Waals surface area contributed by atoms with Gasteiger partial charge in [-0.2, -0.15) is 0 Å². The maximum atomic E-state index is 13.2. The zero-order valence-corrected chi connectivity index (χ0v) is 11.3. The predicted octanol–water partition coefficient (Wildman–Crippen LogP) is 4.22. The zero-order valence-electron chi connectivity index (χ0n) is 11.3. The number of aryl methyl sites for hydroxylation is 1. The number of nitrogens with zero attached hydrogens (tertiary/aromatic N) is 1. The summed E-state index contributed by atoms with van der Waals surface area (Å²) in [5.74, 6) is -0.251. The molecule has 1 N–H and O–H groups in total. The zero-order chi connectivity index (χ0) is 14.7. The highest BCUT2D eigenvalue weighted by molar-refractivity contribution is 5.48. The Morgan fingerprint density at radius 1 is 1.25 bits per heavy atom. The van der Waals surface area contributed by atoms with Gasteiger partial charge < -0.3 is 5.32 Å². The summed E-state index contributed by atoms with van der Waals surface area (Å²) in [5, 5.41) is 14.0. The van der Waals surface area contributed by atoms with E-state index < -0.39 is 4.92 Å². The van der Waals surface area contributed by atoms with E-state index in [1.807, 2.05) is 13.0 Å². The van der Waals surface area contributed by atoms with E-state index in [9.17, 15) is 14.5 Å². The van der Waals surface area contributed by atoms with Crippen molar-refractivity contribution in [1.82, 2.24) is 0 Å². The molecule has 0 fully saturated rings. The first-order chi connectivity index (χ1) is 9.47. The van der Waals surface area contributed by atoms with E-state index in [4.69, 9.17) is 0 Å². The van der Waals surface area contributed by atoms with Gasteiger partial charge in [-0.05, 0) is 43.2 Å². The van der Waals surface area contributed by atoms with Crippen LogP contribution in [0.25, 0.3) is 0 Å². The maximum Gasteiger partial charge on any atom is 0.269 e. The summed E-state index contributed by atoms with van der Waals surface area (Å²) in [6.07, 6.45) is 0. The molecule has 0 aliphatic rings. The maximum absolute atomic E-state index is 13.2. The fraction of sp³-hybridized carbons (Fsp3) is 0.200. The molecule has 0 aromatic heterocycles. The van der Waals surface area contributed by atoms with Crippen LogP contribution in [0.1, 0.15) is 24.1 Å². The predicted molar refractivity (Wildman–Crippen MR) is 76.3 cm³/mol. The second-order valence-electron chi connectivity index (χ2n) is 4.68. The van der Waals surface area contributed by atoms with Crippen LogP contribution < -0.4 is 5.32 Å². The van der Waals surface area contributed by atoms with Crippen molar-refractivity contribution in [3.8, 4) is 0 Å². The number of nitrogens with one attached hydrogen (secondary N) is 1. The number of halogens is 1. The smallest absolute Gasteiger partial charge is 0.269 e. The minimum absolute atomic E-state index is 0.0615. The van der Waals surface area contributed by atoms with Crippen molar-refractivity contribution in [3.05, 3.63) is 69.5 Å². The number of rotatable bonds is 4. The van der Waals surface area contributed by atoms with Crippen molar-refractivity contribution in [2.45, 2.75) is 19.9 Å². The Labute approximate surface area is 116 Å². The average Bonchev–Trinajstić information content (AvgIpc) is 2.43. The van der Waals surface area contributed by atoms with Crippen LogP contribution >= 0.6 is 0 Å². The van der Waals surface area contributed by atoms with Crippen molar-refractivity contribution >= 4 is 11.4 Å². The van der Waals surface area contributed by atoms with Crippen LogP contribution in [0.5, 0.6) is 0 Å². The van der Waals surface area contributed by atoms with Gasteiger partial charge >= 0.3 is 0 Å². The molecule has 1 unspecified atom stereocenters. The molecule has 0 bridgehead atoms. The van der Waals surface area contributed by atoms with Crippen LogP contribution in [-0.2, 0) is 0 Å². The van der Waals surface area contributed by atoms with Crippen LogP contribution in [0, 0.1) is 22.9 Å². The van der Waals surface area contributed by atoms with Crippen LogP contribution in [0.3, 0.4) is 0 Å². The van der Waals surface area contributed by atoms with Crippen molar-refractivity contribution in [1.29, 1.82) is 0 Å². The number of benzene rings is 2. The van der Waals surface area contributed by atoms with E-state index in [-0.39, 0.29) is 17.5 Å². The lowest BCUT2D eigenvalue weighted by molar-refractivity contribution is -0.384. The van der Waals surface area contributed by atoms with Gasteiger partial charge in [0.15, 0.2) is 0 Å². The van der Waals surface area contributed by atoms with Gasteiger partial charge in [-0.15, -0.1) is 0 Å². The molecule has 5 heteroatoms. The monoisotopic (exact) mass is 274 g/mol. The Morgan fingerprint density at radius 3 is 2.65 bits per heavy atom. The summed E-state index contributed by atoms with van der Waals surface area (Å²) < 4.78 is 13.2. The van der Waals surface area contributed by atoms with Crippen LogP contribution in [-0.4, -0.2) is 4.92 Å². The Hall–Kier alpha value is -2.43. The number of hydrogen-bond donors (Lipinski definition) is 1. The third-order valence-corrected chi connectivity index (χ3v) is 3.12. The Morgan fingerprint density at radius 2 is 2.00 bits per heavy atom. The highest BCUT2D eigenvalue weighted by Crippen LogP contribution is 2.23. The highest BCUT2D eigenvalue weighted by Gasteiger charge is 2.11. The Bertz CT molecular complexity index is 644. The van der Waals surface area contributed by atoms with E-state index >= 15 is 0 Å². The highest BCUT2D eigenvalue weighted by atomic mass is 19.1. The molecule has 4 nitrogen and oxygen atoms in total. The van der Waals surface area contributed by atoms with Gasteiger partial charge in [0, 0.05) is 23.9 Å². The lowest BCUT2D eigenvalue weighted by atomic mass is 10.1. The topological polar surface area (TPSA) is 55.2 Å². The fourth-order valence-electron chi connectivity index (χ4n) is 1.98. The van der Waals surface area contributed by atoms with Gasteiger partial charge in [0.1, 0.15) is 5.82 Å². The lowest BCUT2D eigenvalue weighted by Crippen LogP contribution is -2.07. The third-order valence-electron chi connectivity index (χ3n) is 3.12. The molecule has 0 saturated heterocycles. The molecule has 2 aromatic carbocycles. The largest absolute Gasteiger partial charge is 0.379 e. The van der Waals surface area contributed by atoms with Crippen LogP contribution in [0.15, 0.2) is 42.5 Å². The van der Waals surface area contributed by atoms with Crippen molar-refractivity contribution in [3.63, 3.8) is 0 Å². The molecule has 104 valence electrons. The van der Waals surface area contributed by atoms with Gasteiger partial charge in [-0.1, -0.05) is 12.1 Å². The summed E-state index contributed by atoms with van der Waals surface area (Å²) in [6, 6.07) is 11.1. The van der Waals surface area contributed by atoms with E-state index in [2.05, 4.69) is 5.32 Å². The van der Waals surface area contributed by atoms with Gasteiger partial charge in [-0.25, -0.2) is 4.39 Å². The van der Waals surface area contributed by atoms with Gasteiger partial charge in [-0.3, -0.25) is 10.1 Å². The number of hydrogen-bond acceptors (Lipinski definition) is 3. The lowest BCUT2D eigenvalue weighted by Gasteiger charge is -2.16. The van der Waals surface area contributed by atoms with E-state index in [0.717, 1.165) is 11.3 Å². The molecular formula is C15H15FN2O2. The van der Waals surface area contributed by atoms with Crippen molar-refractivity contribution in [2.75, 3.05) is 5.32 Å². The number of non-ortho nitro benzene ring substituents is 1. The molecule has 20 heavy (non-hydrogen) atoms. The Balaban J connectivity index is 2.19. The molecule has 0 heterocycles. The molecule has 2 aromatic rings. The Kier molecular flexibility index (Phi) is 3.98. The second-order valence-corrected chi connectivity index (χ2v) is 4.68. The molecule has 0 saturated carbocycles. The van der Waals surface area contributed by atoms with Crippen LogP contribution in [0.4, 0.5) is 15.8 Å². The third kappa shape index (κ3) is 3.12. The second kappa shape index (κ2) is 5.69. The average molecular weight is 274 g/mol. The van der Waals surface area contributed by atoms with E-state index in [1.54, 1.807) is 25.1 Å². The summed E-state index contributed by atoms with van der Waals surface area (Å²) in [5.41, 5.74) is 2.21. The quantitative estimate of drug-likeness (QED) is 0.671. The van der Waals surface area contributed by atoms with E-state index in [0.29, 0.717) is 5.56 Å². The summed E-state index contributed by atoms with van der Waals surface area (Å²) in [7, 11) is 0. The SMILES string of the molecule is Cc1cc(NC(C)c2cccc([N+](=O)[O-])c2)ccc1F. The molecule has 2 rings (SSSR count). The fourth-order valence-corrected chi connectivity index (χ4v) is 1.98. The minimum Gasteiger partial charge on any atom is -0.379 e. The molecule has 1 atom stereocenters. The molecule has 0 radical (unpaired) electrons. The van der Waals surface area contributed by atoms with Gasteiger partial charge in [0.25, 0.3) is 5.69 Å². The standard InChI is InChI=1S/C15H15FN2O2/c1-10-8-13(6-7-15(10)16)17-11(2)12-4-3-5-14(9-12)18(19)20/h3-9,11,17H,1-2H3. The van der Waals surface area contributed by atoms with E-state index in [1.165, 1.54) is 18.2 Å². The van der Waals surface area contributed by atoms with Gasteiger partial charge in [0.05, 0.1) is 4.92 Å². The molecule has 0 aliphatic carbocycles. The van der Waals surface area contributed by atoms with Crippen molar-refractivity contribution in [2.24, 2.45) is 0 Å².